The van der Waals surface area contributed by atoms with Gasteiger partial charge in [-0.25, -0.2) is 8.42 Å². The first kappa shape index (κ1) is 25.3. The van der Waals surface area contributed by atoms with Crippen LogP contribution in [-0.2, 0) is 14.8 Å². The van der Waals surface area contributed by atoms with Gasteiger partial charge in [0, 0.05) is 0 Å². The lowest BCUT2D eigenvalue weighted by Crippen LogP contribution is -2.41. The summed E-state index contributed by atoms with van der Waals surface area (Å²) in [6.45, 7) is 9.54. The van der Waals surface area contributed by atoms with E-state index in [2.05, 4.69) is 24.4 Å². The molecule has 0 bridgehead atoms. The standard InChI is InChI=1S/C27H32N2O4S/c1-18-7-13-25(14-8-18)34(31,32)29(23-9-11-24(33-6)12-10-23)17-27(30)28-22(5)26-16-20(3)19(2)15-21(26)4/h7-16,22H,17H2,1-6H3,(H,28,30). The van der Waals surface area contributed by atoms with Crippen LogP contribution in [0.25, 0.3) is 0 Å². The van der Waals surface area contributed by atoms with Crippen molar-refractivity contribution in [1.29, 1.82) is 0 Å². The summed E-state index contributed by atoms with van der Waals surface area (Å²) >= 11 is 0. The third-order valence-corrected chi connectivity index (χ3v) is 7.77. The first-order valence-electron chi connectivity index (χ1n) is 11.1. The number of carbonyl (C=O) groups excluding carboxylic acids is 1. The average molecular weight is 481 g/mol. The summed E-state index contributed by atoms with van der Waals surface area (Å²) in [5.41, 5.74) is 5.75. The molecule has 0 aliphatic rings. The van der Waals surface area contributed by atoms with Crippen LogP contribution in [0.3, 0.4) is 0 Å². The summed E-state index contributed by atoms with van der Waals surface area (Å²) in [5, 5.41) is 2.97. The maximum Gasteiger partial charge on any atom is 0.264 e. The highest BCUT2D eigenvalue weighted by Crippen LogP contribution is 2.27. The Balaban J connectivity index is 1.91. The van der Waals surface area contributed by atoms with Crippen LogP contribution in [0.4, 0.5) is 5.69 Å². The summed E-state index contributed by atoms with van der Waals surface area (Å²) in [6.07, 6.45) is 0. The molecule has 1 unspecified atom stereocenters. The largest absolute Gasteiger partial charge is 0.497 e. The van der Waals surface area contributed by atoms with Gasteiger partial charge in [0.1, 0.15) is 12.3 Å². The molecule has 7 heteroatoms. The van der Waals surface area contributed by atoms with Crippen LogP contribution in [0.5, 0.6) is 5.75 Å². The molecule has 0 aromatic heterocycles. The molecule has 0 aliphatic heterocycles. The number of hydrogen-bond donors (Lipinski definition) is 1. The smallest absolute Gasteiger partial charge is 0.264 e. The van der Waals surface area contributed by atoms with Gasteiger partial charge in [-0.15, -0.1) is 0 Å². The number of benzene rings is 3. The van der Waals surface area contributed by atoms with Gasteiger partial charge in [-0.05, 0) is 93.3 Å². The van der Waals surface area contributed by atoms with Crippen LogP contribution in [0.1, 0.15) is 40.8 Å². The number of hydrogen-bond acceptors (Lipinski definition) is 4. The van der Waals surface area contributed by atoms with Gasteiger partial charge >= 0.3 is 0 Å². The Hall–Kier alpha value is -3.32. The Morgan fingerprint density at radius 2 is 1.50 bits per heavy atom. The molecule has 1 N–H and O–H groups in total. The highest BCUT2D eigenvalue weighted by molar-refractivity contribution is 7.92. The minimum atomic E-state index is -3.97. The summed E-state index contributed by atoms with van der Waals surface area (Å²) in [4.78, 5) is 13.2. The van der Waals surface area contributed by atoms with Crippen LogP contribution in [-0.4, -0.2) is 28.0 Å². The molecule has 34 heavy (non-hydrogen) atoms. The molecule has 1 amide bonds. The second kappa shape index (κ2) is 10.3. The first-order valence-corrected chi connectivity index (χ1v) is 12.6. The number of nitrogens with zero attached hydrogens (tertiary/aromatic N) is 1. The van der Waals surface area contributed by atoms with E-state index < -0.39 is 15.9 Å². The van der Waals surface area contributed by atoms with Gasteiger partial charge < -0.3 is 10.1 Å². The minimum Gasteiger partial charge on any atom is -0.497 e. The number of aryl methyl sites for hydroxylation is 4. The van der Waals surface area contributed by atoms with Gasteiger partial charge in [0.15, 0.2) is 0 Å². The average Bonchev–Trinajstić information content (AvgIpc) is 2.80. The van der Waals surface area contributed by atoms with Crippen LogP contribution in [0.15, 0.2) is 65.6 Å². The lowest BCUT2D eigenvalue weighted by atomic mass is 9.96. The zero-order chi connectivity index (χ0) is 25.0. The van der Waals surface area contributed by atoms with Gasteiger partial charge in [0.05, 0.1) is 23.7 Å². The number of ether oxygens (including phenoxy) is 1. The second-order valence-electron chi connectivity index (χ2n) is 8.61. The molecule has 0 aliphatic carbocycles. The number of amides is 1. The normalized spacial score (nSPS) is 12.2. The van der Waals surface area contributed by atoms with Gasteiger partial charge in [-0.1, -0.05) is 29.8 Å². The summed E-state index contributed by atoms with van der Waals surface area (Å²) in [7, 11) is -2.43. The van der Waals surface area contributed by atoms with Crippen LogP contribution < -0.4 is 14.4 Å². The Morgan fingerprint density at radius 1 is 0.912 bits per heavy atom. The molecule has 3 aromatic rings. The Morgan fingerprint density at radius 3 is 2.09 bits per heavy atom. The molecule has 0 heterocycles. The van der Waals surface area contributed by atoms with E-state index in [4.69, 9.17) is 4.74 Å². The third-order valence-electron chi connectivity index (χ3n) is 5.98. The third kappa shape index (κ3) is 5.59. The summed E-state index contributed by atoms with van der Waals surface area (Å²) in [5.74, 6) is 0.205. The number of anilines is 1. The van der Waals surface area contributed by atoms with E-state index in [1.165, 1.54) is 5.56 Å². The minimum absolute atomic E-state index is 0.125. The topological polar surface area (TPSA) is 75.7 Å². The highest BCUT2D eigenvalue weighted by atomic mass is 32.2. The fraction of sp³-hybridized carbons (Fsp3) is 0.296. The molecule has 0 saturated heterocycles. The number of rotatable bonds is 8. The zero-order valence-corrected chi connectivity index (χ0v) is 21.4. The van der Waals surface area contributed by atoms with Crippen molar-refractivity contribution < 1.29 is 17.9 Å². The van der Waals surface area contributed by atoms with Crippen LogP contribution >= 0.6 is 0 Å². The van der Waals surface area contributed by atoms with Gasteiger partial charge in [0.2, 0.25) is 5.91 Å². The monoisotopic (exact) mass is 480 g/mol. The summed E-state index contributed by atoms with van der Waals surface area (Å²) in [6, 6.07) is 17.1. The van der Waals surface area contributed by atoms with E-state index in [9.17, 15) is 13.2 Å². The molecule has 1 atom stereocenters. The number of nitrogens with one attached hydrogen (secondary N) is 1. The van der Waals surface area contributed by atoms with Crippen molar-refractivity contribution in [2.24, 2.45) is 0 Å². The van der Waals surface area contributed by atoms with E-state index in [1.807, 2.05) is 27.7 Å². The molecule has 0 fully saturated rings. The van der Waals surface area contributed by atoms with E-state index >= 15 is 0 Å². The molecular weight excluding hydrogens is 448 g/mol. The fourth-order valence-electron chi connectivity index (χ4n) is 3.85. The first-order chi connectivity index (χ1) is 16.0. The van der Waals surface area contributed by atoms with E-state index in [0.29, 0.717) is 11.4 Å². The quantitative estimate of drug-likeness (QED) is 0.492. The fourth-order valence-corrected chi connectivity index (χ4v) is 5.27. The van der Waals surface area contributed by atoms with E-state index in [0.717, 1.165) is 26.6 Å². The van der Waals surface area contributed by atoms with Crippen LogP contribution in [0, 0.1) is 27.7 Å². The van der Waals surface area contributed by atoms with Crippen LogP contribution in [0.2, 0.25) is 0 Å². The predicted molar refractivity (Wildman–Crippen MR) is 136 cm³/mol. The molecule has 6 nitrogen and oxygen atoms in total. The Bertz CT molecular complexity index is 1270. The number of carbonyl (C=O) groups is 1. The molecule has 0 spiro atoms. The van der Waals surface area contributed by atoms with Crippen molar-refractivity contribution in [3.8, 4) is 5.75 Å². The van der Waals surface area contributed by atoms with Gasteiger partial charge in [-0.3, -0.25) is 9.10 Å². The van der Waals surface area contributed by atoms with Gasteiger partial charge in [-0.2, -0.15) is 0 Å². The van der Waals surface area contributed by atoms with Crippen molar-refractivity contribution in [3.63, 3.8) is 0 Å². The van der Waals surface area contributed by atoms with Crippen molar-refractivity contribution >= 4 is 21.6 Å². The van der Waals surface area contributed by atoms with Crippen molar-refractivity contribution in [3.05, 3.63) is 88.5 Å². The SMILES string of the molecule is COc1ccc(N(CC(=O)NC(C)c2cc(C)c(C)cc2C)S(=O)(=O)c2ccc(C)cc2)cc1. The lowest BCUT2D eigenvalue weighted by Gasteiger charge is -2.26. The maximum absolute atomic E-state index is 13.5. The lowest BCUT2D eigenvalue weighted by molar-refractivity contribution is -0.120. The molecule has 0 saturated carbocycles. The van der Waals surface area contributed by atoms with Gasteiger partial charge in [0.25, 0.3) is 10.0 Å². The molecule has 0 radical (unpaired) electrons. The van der Waals surface area contributed by atoms with Crippen molar-refractivity contribution in [2.45, 2.75) is 45.6 Å². The van der Waals surface area contributed by atoms with Crippen molar-refractivity contribution in [1.82, 2.24) is 5.32 Å². The molecule has 3 rings (SSSR count). The molecule has 3 aromatic carbocycles. The Labute approximate surface area is 202 Å². The van der Waals surface area contributed by atoms with Crippen molar-refractivity contribution in [2.75, 3.05) is 18.0 Å². The highest BCUT2D eigenvalue weighted by Gasteiger charge is 2.28. The number of sulfonamides is 1. The summed E-state index contributed by atoms with van der Waals surface area (Å²) < 4.78 is 33.4. The second-order valence-corrected chi connectivity index (χ2v) is 10.5. The predicted octanol–water partition coefficient (Wildman–Crippen LogP) is 5.00. The molecule has 180 valence electrons. The number of methoxy groups -OCH3 is 1. The maximum atomic E-state index is 13.5. The Kier molecular flexibility index (Phi) is 7.67. The van der Waals surface area contributed by atoms with E-state index in [-0.39, 0.29) is 17.5 Å². The van der Waals surface area contributed by atoms with E-state index in [1.54, 1.807) is 55.6 Å². The molecular formula is C27H32N2O4S. The zero-order valence-electron chi connectivity index (χ0n) is 20.5.